The predicted octanol–water partition coefficient (Wildman–Crippen LogP) is 16.4. The van der Waals surface area contributed by atoms with Crippen LogP contribution in [0.4, 0.5) is 0 Å². The molecule has 3 nitrogen and oxygen atoms in total. The second kappa shape index (κ2) is 19.1. The van der Waals surface area contributed by atoms with Crippen LogP contribution in [0.25, 0.3) is 104 Å². The molecule has 0 amide bonds. The van der Waals surface area contributed by atoms with Crippen LogP contribution in [0.5, 0.6) is 0 Å². The molecule has 0 aliphatic heterocycles. The van der Waals surface area contributed by atoms with Gasteiger partial charge in [-0.25, -0.2) is 0 Å². The van der Waals surface area contributed by atoms with E-state index >= 15 is 0 Å². The molecule has 68 heavy (non-hydrogen) atoms. The molecule has 12 rings (SSSR count). The third-order valence-corrected chi connectivity index (χ3v) is 18.0. The Bertz CT molecular complexity index is 3680. The Kier molecular flexibility index (Phi) is 12.3. The Morgan fingerprint density at radius 2 is 1.24 bits per heavy atom. The molecule has 1 radical (unpaired) electrons. The van der Waals surface area contributed by atoms with Gasteiger partial charge in [-0.05, 0) is 68.2 Å². The van der Waals surface area contributed by atoms with Gasteiger partial charge in [-0.1, -0.05) is 156 Å². The van der Waals surface area contributed by atoms with Crippen LogP contribution in [0.15, 0.2) is 212 Å². The molecule has 0 saturated carbocycles. The van der Waals surface area contributed by atoms with Gasteiger partial charge in [0.2, 0.25) is 0 Å². The van der Waals surface area contributed by atoms with Gasteiger partial charge in [-0.2, -0.15) is 11.3 Å². The summed E-state index contributed by atoms with van der Waals surface area (Å²) < 4.78 is 14.0. The second-order valence-electron chi connectivity index (χ2n) is 17.9. The van der Waals surface area contributed by atoms with Crippen molar-refractivity contribution in [1.82, 2.24) is 14.5 Å². The van der Waals surface area contributed by atoms with Crippen LogP contribution in [0.3, 0.4) is 0 Å². The molecule has 3 aromatic heterocycles. The Morgan fingerprint density at radius 3 is 1.90 bits per heavy atom. The van der Waals surface area contributed by atoms with Crippen LogP contribution in [0.2, 0.25) is 17.3 Å². The van der Waals surface area contributed by atoms with E-state index in [4.69, 9.17) is 6.35 Å². The number of aryl methyl sites for hydroxylation is 1. The Morgan fingerprint density at radius 1 is 0.574 bits per heavy atom. The first-order valence-corrected chi connectivity index (χ1v) is 30.8. The van der Waals surface area contributed by atoms with Crippen molar-refractivity contribution in [3.05, 3.63) is 230 Å². The number of rotatable bonds is 7. The molecule has 0 atom stereocenters. The van der Waals surface area contributed by atoms with Crippen molar-refractivity contribution in [1.29, 1.82) is 0 Å². The zero-order valence-electron chi connectivity index (χ0n) is 39.0. The van der Waals surface area contributed by atoms with Gasteiger partial charge in [0.05, 0.1) is 22.5 Å². The molecule has 0 unspecified atom stereocenters. The quantitative estimate of drug-likeness (QED) is 0.118. The Balaban J connectivity index is 0.000000277. The molecule has 3 heterocycles. The number of hydrogen-bond donors (Lipinski definition) is 0. The van der Waals surface area contributed by atoms with Crippen molar-refractivity contribution in [2.45, 2.75) is 24.2 Å². The Hall–Kier alpha value is -6.73. The van der Waals surface area contributed by atoms with Crippen molar-refractivity contribution in [3.8, 4) is 61.7 Å². The minimum absolute atomic E-state index is 0. The van der Waals surface area contributed by atoms with E-state index < -0.39 is 13.3 Å². The van der Waals surface area contributed by atoms with Gasteiger partial charge in [-0.15, -0.1) is 18.2 Å². The van der Waals surface area contributed by atoms with Gasteiger partial charge in [0, 0.05) is 37.3 Å². The van der Waals surface area contributed by atoms with E-state index in [-0.39, 0.29) is 27.0 Å². The number of fused-ring (bicyclic) bond motifs is 6. The number of benzene rings is 9. The van der Waals surface area contributed by atoms with E-state index in [2.05, 4.69) is 221 Å². The van der Waals surface area contributed by atoms with E-state index in [0.717, 1.165) is 72.7 Å². The largest absolute Gasteiger partial charge is 0 e. The molecule has 0 saturated heterocycles. The molecule has 0 spiro atoms. The van der Waals surface area contributed by atoms with Crippen molar-refractivity contribution in [3.63, 3.8) is 0 Å². The van der Waals surface area contributed by atoms with Crippen LogP contribution < -0.4 is 4.40 Å². The average Bonchev–Trinajstić information content (AvgIpc) is 3.98. The fraction of sp³-hybridized carbons (Fsp3) is 0.0645. The maximum atomic E-state index is 7.82. The zero-order chi connectivity index (χ0) is 46.2. The number of aromatic nitrogens is 3. The topological polar surface area (TPSA) is 30.7 Å². The summed E-state index contributed by atoms with van der Waals surface area (Å²) in [7, 11) is 0. The minimum atomic E-state index is -1.72. The van der Waals surface area contributed by atoms with Crippen LogP contribution in [0.1, 0.15) is 6.93 Å². The first-order chi connectivity index (χ1) is 33.3. The summed E-state index contributed by atoms with van der Waals surface area (Å²) in [5.41, 5.74) is 14.1. The first-order valence-electron chi connectivity index (χ1n) is 23.4. The predicted molar refractivity (Wildman–Crippen MR) is 288 cm³/mol. The van der Waals surface area contributed by atoms with Gasteiger partial charge in [0.1, 0.15) is 0 Å². The molecule has 0 fully saturated rings. The molecule has 12 aromatic rings. The fourth-order valence-corrected chi connectivity index (χ4v) is 12.6. The Labute approximate surface area is 420 Å². The fourth-order valence-electron chi connectivity index (χ4n) is 9.15. The molecule has 0 aliphatic rings. The number of thiophene rings is 1. The van der Waals surface area contributed by atoms with Crippen molar-refractivity contribution in [2.75, 3.05) is 0 Å². The minimum Gasteiger partial charge on any atom is 0 e. The molecular formula is C62H47GeIrN3S-2. The number of para-hydroxylation sites is 3. The van der Waals surface area contributed by atoms with E-state index in [1.807, 2.05) is 41.8 Å². The maximum Gasteiger partial charge on any atom is 0 e. The summed E-state index contributed by atoms with van der Waals surface area (Å²) in [5, 5.41) is 4.92. The van der Waals surface area contributed by atoms with Crippen LogP contribution in [0, 0.1) is 19.0 Å². The van der Waals surface area contributed by atoms with Gasteiger partial charge in [-0.3, -0.25) is 4.98 Å². The van der Waals surface area contributed by atoms with E-state index in [1.165, 1.54) is 40.9 Å². The monoisotopic (exact) mass is 1130 g/mol. The average molecular weight is 1130 g/mol. The zero-order valence-corrected chi connectivity index (χ0v) is 43.3. The van der Waals surface area contributed by atoms with Gasteiger partial charge in [0.25, 0.3) is 0 Å². The van der Waals surface area contributed by atoms with Gasteiger partial charge >= 0.3 is 99.8 Å². The number of pyridine rings is 1. The summed E-state index contributed by atoms with van der Waals surface area (Å²) in [6, 6.07) is 79.4. The van der Waals surface area contributed by atoms with E-state index in [0.29, 0.717) is 0 Å². The number of nitrogens with zero attached hydrogens (tertiary/aromatic N) is 3. The van der Waals surface area contributed by atoms with Crippen molar-refractivity contribution in [2.24, 2.45) is 0 Å². The third-order valence-electron chi connectivity index (χ3n) is 12.5. The second-order valence-corrected chi connectivity index (χ2v) is 29.6. The summed E-state index contributed by atoms with van der Waals surface area (Å²) in [6.45, 7) is 0.281. The van der Waals surface area contributed by atoms with Crippen LogP contribution in [-0.2, 0) is 20.1 Å². The maximum absolute atomic E-state index is 7.82. The standard InChI is InChI=1S/C48H31N2S.C14H16GeN.Ir/c1-31-26-28-34(29-27-31)41-30-44-45(38-19-9-8-18-37(38)41)39-22-13-23-40(47(39)51-44)48-49-42-24-10-11-25-43(42)50(48)46-35(32-14-4-2-5-15-32)20-12-21-36(46)33-16-6-3-7-17-33;1-15(2,3)13-9-10-14(16-11-13)12-7-5-4-6-8-12;/h2-22,24-30H,1H3;4-7,9-11H,1-3H3;/q2*-1;/i1D;;. The molecule has 0 N–H and O–H groups in total. The third kappa shape index (κ3) is 8.57. The molecular weight excluding hydrogens is 1080 g/mol. The van der Waals surface area contributed by atoms with Gasteiger partial charge < -0.3 is 4.57 Å². The number of imidazole rings is 1. The normalized spacial score (nSPS) is 11.6. The molecule has 0 aliphatic carbocycles. The summed E-state index contributed by atoms with van der Waals surface area (Å²) >= 11 is 0.0989. The molecule has 9 aromatic carbocycles. The summed E-state index contributed by atoms with van der Waals surface area (Å²) in [6.07, 6.45) is 2.04. The van der Waals surface area contributed by atoms with Crippen LogP contribution >= 0.6 is 11.3 Å². The summed E-state index contributed by atoms with van der Waals surface area (Å²) in [5.74, 6) is 8.01. The van der Waals surface area contributed by atoms with Crippen LogP contribution in [-0.4, -0.2) is 27.8 Å². The summed E-state index contributed by atoms with van der Waals surface area (Å²) in [4.78, 5) is 9.95. The van der Waals surface area contributed by atoms with Crippen molar-refractivity contribution < 1.29 is 21.5 Å². The first kappa shape index (κ1) is 43.8. The molecule has 0 bridgehead atoms. The van der Waals surface area contributed by atoms with Crippen molar-refractivity contribution >= 4 is 71.0 Å². The molecule has 331 valence electrons. The van der Waals surface area contributed by atoms with E-state index in [1.54, 1.807) is 0 Å². The molecule has 6 heteroatoms. The number of hydrogen-bond acceptors (Lipinski definition) is 3. The van der Waals surface area contributed by atoms with E-state index in [9.17, 15) is 0 Å². The smallest absolute Gasteiger partial charge is 0 e. The van der Waals surface area contributed by atoms with Gasteiger partial charge in [0.15, 0.2) is 0 Å². The SMILES string of the molecule is [2H]Cc1ccc(-c2cc3sc4c(-c5nc6ccccc6n5-c5c(-c6ccccc6)cccc5-c5ccccc5)[c-]ccc4c3c3ccccc23)cc1.[CH3][Ge]([CH3])([CH3])[c]1ccc(-c2[c-]cccc2)nc1.[Ir].